The second kappa shape index (κ2) is 6.98. The molecule has 1 aromatic heterocycles. The molecule has 2 atom stereocenters. The fourth-order valence-electron chi connectivity index (χ4n) is 2.18. The van der Waals surface area contributed by atoms with Crippen LogP contribution in [0.1, 0.15) is 26.7 Å². The minimum Gasteiger partial charge on any atom is -0.481 e. The van der Waals surface area contributed by atoms with Crippen molar-refractivity contribution in [2.75, 3.05) is 6.54 Å². The van der Waals surface area contributed by atoms with Gasteiger partial charge in [-0.2, -0.15) is 4.72 Å². The maximum atomic E-state index is 12.5. The van der Waals surface area contributed by atoms with E-state index in [1.165, 1.54) is 24.8 Å². The molecular formula is C14H20N2O5S2. The number of nitrogens with one attached hydrogen (secondary N) is 1. The third-order valence-corrected chi connectivity index (χ3v) is 6.56. The number of nitrogens with zero attached hydrogens (tertiary/aromatic N) is 1. The van der Waals surface area contributed by atoms with Gasteiger partial charge in [-0.15, -0.1) is 11.3 Å². The highest BCUT2D eigenvalue weighted by atomic mass is 32.2. The van der Waals surface area contributed by atoms with Crippen molar-refractivity contribution in [3.05, 3.63) is 17.5 Å². The van der Waals surface area contributed by atoms with Crippen LogP contribution in [0.15, 0.2) is 21.7 Å². The molecule has 1 aromatic rings. The molecule has 2 N–H and O–H groups in total. The van der Waals surface area contributed by atoms with Crippen LogP contribution in [-0.2, 0) is 19.6 Å². The molecular weight excluding hydrogens is 340 g/mol. The van der Waals surface area contributed by atoms with E-state index in [-0.39, 0.29) is 22.7 Å². The second-order valence-corrected chi connectivity index (χ2v) is 8.62. The number of aliphatic carboxylic acids is 1. The van der Waals surface area contributed by atoms with Crippen molar-refractivity contribution in [2.45, 2.75) is 43.0 Å². The average Bonchev–Trinajstić information content (AvgIpc) is 3.14. The third kappa shape index (κ3) is 4.52. The van der Waals surface area contributed by atoms with Crippen molar-refractivity contribution >= 4 is 33.2 Å². The number of carbonyl (C=O) groups is 2. The summed E-state index contributed by atoms with van der Waals surface area (Å²) in [4.78, 5) is 25.0. The van der Waals surface area contributed by atoms with Gasteiger partial charge < -0.3 is 10.0 Å². The van der Waals surface area contributed by atoms with E-state index in [0.29, 0.717) is 0 Å². The van der Waals surface area contributed by atoms with Crippen molar-refractivity contribution in [1.82, 2.24) is 9.62 Å². The minimum atomic E-state index is -3.74. The summed E-state index contributed by atoms with van der Waals surface area (Å²) in [6.45, 7) is 3.10. The minimum absolute atomic E-state index is 0.0120. The zero-order valence-electron chi connectivity index (χ0n) is 12.9. The summed E-state index contributed by atoms with van der Waals surface area (Å²) >= 11 is 1.07. The van der Waals surface area contributed by atoms with Crippen LogP contribution in [0.3, 0.4) is 0 Å². The molecule has 0 bridgehead atoms. The van der Waals surface area contributed by atoms with E-state index in [9.17, 15) is 18.0 Å². The molecule has 1 aliphatic carbocycles. The van der Waals surface area contributed by atoms with Gasteiger partial charge in [0.15, 0.2) is 0 Å². The average molecular weight is 360 g/mol. The summed E-state index contributed by atoms with van der Waals surface area (Å²) in [5.41, 5.74) is 0. The standard InChI is InChI=1S/C14H20N2O5S2/c1-9(14(18)19)8-16(11-5-6-11)13(17)10(2)15-23(20,21)12-4-3-7-22-12/h3-4,7,9-11,15H,5-6,8H2,1-2H3,(H,18,19). The number of carboxylic acids is 1. The van der Waals surface area contributed by atoms with Gasteiger partial charge in [0.2, 0.25) is 5.91 Å². The third-order valence-electron chi connectivity index (χ3n) is 3.63. The van der Waals surface area contributed by atoms with Crippen molar-refractivity contribution < 1.29 is 23.1 Å². The van der Waals surface area contributed by atoms with Crippen LogP contribution < -0.4 is 4.72 Å². The number of carbonyl (C=O) groups excluding carboxylic acids is 1. The Labute approximate surface area is 139 Å². The first-order chi connectivity index (χ1) is 10.7. The number of carboxylic acid groups (broad SMARTS) is 1. The topological polar surface area (TPSA) is 104 Å². The predicted octanol–water partition coefficient (Wildman–Crippen LogP) is 1.13. The molecule has 1 aliphatic rings. The van der Waals surface area contributed by atoms with E-state index in [2.05, 4.69) is 4.72 Å². The van der Waals surface area contributed by atoms with Gasteiger partial charge >= 0.3 is 5.97 Å². The van der Waals surface area contributed by atoms with Crippen LogP contribution in [0, 0.1) is 5.92 Å². The maximum Gasteiger partial charge on any atom is 0.308 e. The molecule has 0 spiro atoms. The highest BCUT2D eigenvalue weighted by molar-refractivity contribution is 7.91. The molecule has 1 fully saturated rings. The van der Waals surface area contributed by atoms with Gasteiger partial charge in [0, 0.05) is 12.6 Å². The van der Waals surface area contributed by atoms with Gasteiger partial charge in [0.25, 0.3) is 10.0 Å². The predicted molar refractivity (Wildman–Crippen MR) is 85.6 cm³/mol. The van der Waals surface area contributed by atoms with Gasteiger partial charge in [0.05, 0.1) is 12.0 Å². The Hall–Kier alpha value is -1.45. The Balaban J connectivity index is 2.06. The van der Waals surface area contributed by atoms with E-state index in [4.69, 9.17) is 5.11 Å². The first-order valence-corrected chi connectivity index (χ1v) is 9.67. The fraction of sp³-hybridized carbons (Fsp3) is 0.571. The monoisotopic (exact) mass is 360 g/mol. The van der Waals surface area contributed by atoms with Crippen LogP contribution in [0.5, 0.6) is 0 Å². The first kappa shape index (κ1) is 17.9. The number of thiophene rings is 1. The van der Waals surface area contributed by atoms with Crippen molar-refractivity contribution in [3.8, 4) is 0 Å². The zero-order chi connectivity index (χ0) is 17.2. The van der Waals surface area contributed by atoms with Crippen molar-refractivity contribution in [1.29, 1.82) is 0 Å². The maximum absolute atomic E-state index is 12.5. The van der Waals surface area contributed by atoms with E-state index in [1.54, 1.807) is 11.4 Å². The lowest BCUT2D eigenvalue weighted by Gasteiger charge is -2.27. The van der Waals surface area contributed by atoms with Crippen molar-refractivity contribution in [2.24, 2.45) is 5.92 Å². The molecule has 7 nitrogen and oxygen atoms in total. The summed E-state index contributed by atoms with van der Waals surface area (Å²) in [5.74, 6) is -2.06. The van der Waals surface area contributed by atoms with Gasteiger partial charge in [-0.3, -0.25) is 9.59 Å². The lowest BCUT2D eigenvalue weighted by atomic mass is 10.1. The van der Waals surface area contributed by atoms with Gasteiger partial charge in [-0.25, -0.2) is 8.42 Å². The van der Waals surface area contributed by atoms with Gasteiger partial charge in [-0.05, 0) is 31.2 Å². The van der Waals surface area contributed by atoms with E-state index < -0.39 is 28.0 Å². The summed E-state index contributed by atoms with van der Waals surface area (Å²) in [7, 11) is -3.74. The van der Waals surface area contributed by atoms with Gasteiger partial charge in [0.1, 0.15) is 4.21 Å². The summed E-state index contributed by atoms with van der Waals surface area (Å²) in [6, 6.07) is 2.16. The fourth-order valence-corrected chi connectivity index (χ4v) is 4.39. The number of sulfonamides is 1. The number of hydrogen-bond donors (Lipinski definition) is 2. The Bertz CT molecular complexity index is 667. The van der Waals surface area contributed by atoms with Crippen molar-refractivity contribution in [3.63, 3.8) is 0 Å². The lowest BCUT2D eigenvalue weighted by molar-refractivity contribution is -0.143. The number of amides is 1. The summed E-state index contributed by atoms with van der Waals surface area (Å²) in [6.07, 6.45) is 1.64. The molecule has 9 heteroatoms. The van der Waals surface area contributed by atoms with E-state index >= 15 is 0 Å². The van der Waals surface area contributed by atoms with Crippen LogP contribution in [-0.4, -0.2) is 48.9 Å². The Morgan fingerprint density at radius 1 is 1.43 bits per heavy atom. The van der Waals surface area contributed by atoms with Crippen LogP contribution >= 0.6 is 11.3 Å². The molecule has 1 saturated carbocycles. The largest absolute Gasteiger partial charge is 0.481 e. The Kier molecular flexibility index (Phi) is 5.43. The zero-order valence-corrected chi connectivity index (χ0v) is 14.6. The van der Waals surface area contributed by atoms with Gasteiger partial charge in [-0.1, -0.05) is 13.0 Å². The molecule has 0 aliphatic heterocycles. The molecule has 1 amide bonds. The SMILES string of the molecule is CC(CN(C(=O)C(C)NS(=O)(=O)c1cccs1)C1CC1)C(=O)O. The van der Waals surface area contributed by atoms with Crippen LogP contribution in [0.25, 0.3) is 0 Å². The number of hydrogen-bond acceptors (Lipinski definition) is 5. The van der Waals surface area contributed by atoms with E-state index in [0.717, 1.165) is 24.2 Å². The molecule has 23 heavy (non-hydrogen) atoms. The first-order valence-electron chi connectivity index (χ1n) is 7.31. The lowest BCUT2D eigenvalue weighted by Crippen LogP contribution is -2.49. The quantitative estimate of drug-likeness (QED) is 0.723. The smallest absolute Gasteiger partial charge is 0.308 e. The van der Waals surface area contributed by atoms with Crippen LogP contribution in [0.4, 0.5) is 0 Å². The number of rotatable bonds is 8. The molecule has 2 rings (SSSR count). The highest BCUT2D eigenvalue weighted by Crippen LogP contribution is 2.28. The summed E-state index contributed by atoms with van der Waals surface area (Å²) in [5, 5.41) is 10.7. The Morgan fingerprint density at radius 2 is 2.09 bits per heavy atom. The van der Waals surface area contributed by atoms with Crippen LogP contribution in [0.2, 0.25) is 0 Å². The second-order valence-electron chi connectivity index (χ2n) is 5.74. The molecule has 0 aromatic carbocycles. The molecule has 128 valence electrons. The molecule has 1 heterocycles. The van der Waals surface area contributed by atoms with E-state index in [1.807, 2.05) is 0 Å². The molecule has 2 unspecified atom stereocenters. The molecule has 0 saturated heterocycles. The molecule has 0 radical (unpaired) electrons. The Morgan fingerprint density at radius 3 is 2.57 bits per heavy atom. The highest BCUT2D eigenvalue weighted by Gasteiger charge is 2.37. The normalized spacial score (nSPS) is 17.5. The summed E-state index contributed by atoms with van der Waals surface area (Å²) < 4.78 is 26.9.